The molecule has 0 atom stereocenters. The zero-order valence-corrected chi connectivity index (χ0v) is 7.83. The van der Waals surface area contributed by atoms with Crippen LogP contribution in [0.4, 0.5) is 0 Å². The van der Waals surface area contributed by atoms with E-state index >= 15 is 0 Å². The smallest absolute Gasteiger partial charge is 0.149 e. The lowest BCUT2D eigenvalue weighted by molar-refractivity contribution is 0.575. The van der Waals surface area contributed by atoms with Gasteiger partial charge in [0.25, 0.3) is 0 Å². The van der Waals surface area contributed by atoms with E-state index in [1.54, 1.807) is 0 Å². The minimum atomic E-state index is -1.12. The number of hydrogen-bond acceptors (Lipinski definition) is 2. The van der Waals surface area contributed by atoms with Crippen LogP contribution in [-0.4, -0.2) is 25.7 Å². The molecular weight excluding hydrogens is 140 g/mol. The average molecular weight is 154 g/mol. The fourth-order valence-corrected chi connectivity index (χ4v) is 1.86. The van der Waals surface area contributed by atoms with Crippen LogP contribution in [0.2, 0.25) is 19.6 Å². The molecular formula is C7H14N2Si. The van der Waals surface area contributed by atoms with E-state index in [9.17, 15) is 0 Å². The van der Waals surface area contributed by atoms with E-state index in [1.807, 2.05) is 12.3 Å². The van der Waals surface area contributed by atoms with E-state index in [0.717, 1.165) is 6.67 Å². The lowest BCUT2D eigenvalue weighted by Gasteiger charge is -2.32. The molecule has 1 aliphatic heterocycles. The molecule has 0 amide bonds. The molecule has 0 aliphatic carbocycles. The number of rotatable bonds is 1. The third kappa shape index (κ3) is 1.70. The monoisotopic (exact) mass is 154 g/mol. The van der Waals surface area contributed by atoms with Crippen LogP contribution in [0.15, 0.2) is 17.3 Å². The highest BCUT2D eigenvalue weighted by molar-refractivity contribution is 6.73. The fraction of sp³-hybridized carbons (Fsp3) is 0.571. The number of allylic oxidation sites excluding steroid dienone is 1. The van der Waals surface area contributed by atoms with Crippen molar-refractivity contribution >= 4 is 14.5 Å². The first-order valence-electron chi connectivity index (χ1n) is 3.54. The normalized spacial score (nSPS) is 18.1. The first-order chi connectivity index (χ1) is 4.61. The number of hydrogen-bond donors (Lipinski definition) is 0. The summed E-state index contributed by atoms with van der Waals surface area (Å²) in [4.78, 5) is 4.17. The standard InChI is InChI=1S/C7H14N2Si/c1-10(2,3)9-6-4-5-8-7-9/h4-6H,7H2,1-3H3. The van der Waals surface area contributed by atoms with Crippen molar-refractivity contribution in [1.82, 2.24) is 4.57 Å². The topological polar surface area (TPSA) is 15.6 Å². The van der Waals surface area contributed by atoms with Crippen molar-refractivity contribution in [3.05, 3.63) is 12.3 Å². The van der Waals surface area contributed by atoms with Gasteiger partial charge in [0.05, 0.1) is 0 Å². The Kier molecular flexibility index (Phi) is 1.94. The van der Waals surface area contributed by atoms with Crippen LogP contribution in [0.5, 0.6) is 0 Å². The van der Waals surface area contributed by atoms with Crippen LogP contribution in [0.25, 0.3) is 0 Å². The molecule has 0 aromatic heterocycles. The zero-order valence-electron chi connectivity index (χ0n) is 6.83. The van der Waals surface area contributed by atoms with Crippen molar-refractivity contribution < 1.29 is 0 Å². The molecule has 0 bridgehead atoms. The van der Waals surface area contributed by atoms with Crippen LogP contribution in [0.1, 0.15) is 0 Å². The van der Waals surface area contributed by atoms with Gasteiger partial charge in [-0.3, -0.25) is 4.99 Å². The first kappa shape index (κ1) is 7.53. The summed E-state index contributed by atoms with van der Waals surface area (Å²) >= 11 is 0. The second-order valence-electron chi connectivity index (χ2n) is 3.46. The van der Waals surface area contributed by atoms with Crippen molar-refractivity contribution in [2.75, 3.05) is 6.67 Å². The highest BCUT2D eigenvalue weighted by atomic mass is 28.3. The second kappa shape index (κ2) is 2.58. The molecule has 0 aromatic rings. The summed E-state index contributed by atoms with van der Waals surface area (Å²) in [6, 6.07) is 0. The molecule has 0 radical (unpaired) electrons. The molecule has 1 rings (SSSR count). The third-order valence-electron chi connectivity index (χ3n) is 1.55. The minimum absolute atomic E-state index is 0.853. The largest absolute Gasteiger partial charge is 0.386 e. The average Bonchev–Trinajstić information content (AvgIpc) is 1.88. The fourth-order valence-electron chi connectivity index (χ4n) is 0.821. The van der Waals surface area contributed by atoms with Gasteiger partial charge in [-0.1, -0.05) is 19.6 Å². The molecule has 0 N–H and O–H groups in total. The van der Waals surface area contributed by atoms with E-state index in [0.29, 0.717) is 0 Å². The second-order valence-corrected chi connectivity index (χ2v) is 8.37. The summed E-state index contributed by atoms with van der Waals surface area (Å²) in [6.45, 7) is 7.81. The molecule has 1 aliphatic rings. The van der Waals surface area contributed by atoms with Crippen LogP contribution in [0.3, 0.4) is 0 Å². The molecule has 0 spiro atoms. The van der Waals surface area contributed by atoms with Crippen LogP contribution >= 0.6 is 0 Å². The van der Waals surface area contributed by atoms with Gasteiger partial charge in [0, 0.05) is 6.21 Å². The summed E-state index contributed by atoms with van der Waals surface area (Å²) in [5.41, 5.74) is 0. The van der Waals surface area contributed by atoms with E-state index in [1.165, 1.54) is 0 Å². The van der Waals surface area contributed by atoms with Crippen LogP contribution in [0, 0.1) is 0 Å². The Hall–Kier alpha value is -0.573. The molecule has 3 heteroatoms. The molecule has 0 aromatic carbocycles. The Bertz CT molecular complexity index is 167. The maximum atomic E-state index is 4.17. The van der Waals surface area contributed by atoms with Gasteiger partial charge in [0.1, 0.15) is 14.9 Å². The molecule has 2 nitrogen and oxygen atoms in total. The predicted molar refractivity (Wildman–Crippen MR) is 47.7 cm³/mol. The summed E-state index contributed by atoms with van der Waals surface area (Å²) < 4.78 is 2.34. The third-order valence-corrected chi connectivity index (χ3v) is 3.57. The maximum Gasteiger partial charge on any atom is 0.149 e. The molecule has 0 saturated heterocycles. The van der Waals surface area contributed by atoms with Crippen LogP contribution < -0.4 is 0 Å². The van der Waals surface area contributed by atoms with Crippen molar-refractivity contribution in [1.29, 1.82) is 0 Å². The van der Waals surface area contributed by atoms with Gasteiger partial charge >= 0.3 is 0 Å². The van der Waals surface area contributed by atoms with Crippen molar-refractivity contribution in [2.45, 2.75) is 19.6 Å². The SMILES string of the molecule is C[Si](C)(C)N1C=CC=NC1. The Labute approximate surface area is 63.3 Å². The zero-order chi connectivity index (χ0) is 7.61. The molecule has 0 fully saturated rings. The summed E-state index contributed by atoms with van der Waals surface area (Å²) in [7, 11) is -1.12. The van der Waals surface area contributed by atoms with Gasteiger partial charge in [0.2, 0.25) is 0 Å². The Morgan fingerprint density at radius 3 is 2.40 bits per heavy atom. The number of aliphatic imine (C=N–C) groups is 1. The van der Waals surface area contributed by atoms with Crippen molar-refractivity contribution in [3.63, 3.8) is 0 Å². The van der Waals surface area contributed by atoms with Crippen molar-refractivity contribution in [2.24, 2.45) is 4.99 Å². The lowest BCUT2D eigenvalue weighted by Crippen LogP contribution is -2.43. The summed E-state index contributed by atoms with van der Waals surface area (Å²) in [5, 5.41) is 0. The van der Waals surface area contributed by atoms with E-state index < -0.39 is 8.24 Å². The minimum Gasteiger partial charge on any atom is -0.386 e. The molecule has 56 valence electrons. The Morgan fingerprint density at radius 1 is 1.40 bits per heavy atom. The highest BCUT2D eigenvalue weighted by Crippen LogP contribution is 2.10. The Balaban J connectivity index is 2.60. The van der Waals surface area contributed by atoms with E-state index in [2.05, 4.69) is 35.4 Å². The predicted octanol–water partition coefficient (Wildman–Crippen LogP) is 1.68. The van der Waals surface area contributed by atoms with Gasteiger partial charge in [-0.25, -0.2) is 0 Å². The molecule has 0 saturated carbocycles. The van der Waals surface area contributed by atoms with E-state index in [4.69, 9.17) is 0 Å². The molecule has 10 heavy (non-hydrogen) atoms. The molecule has 1 heterocycles. The van der Waals surface area contributed by atoms with Gasteiger partial charge < -0.3 is 4.57 Å². The van der Waals surface area contributed by atoms with Crippen LogP contribution in [-0.2, 0) is 0 Å². The summed E-state index contributed by atoms with van der Waals surface area (Å²) in [5.74, 6) is 0. The molecule has 0 unspecified atom stereocenters. The highest BCUT2D eigenvalue weighted by Gasteiger charge is 2.20. The maximum absolute atomic E-state index is 4.17. The van der Waals surface area contributed by atoms with Gasteiger partial charge in [0.15, 0.2) is 0 Å². The summed E-state index contributed by atoms with van der Waals surface area (Å²) in [6.07, 6.45) is 6.00. The number of nitrogens with zero attached hydrogens (tertiary/aromatic N) is 2. The lowest BCUT2D eigenvalue weighted by atomic mass is 10.6. The van der Waals surface area contributed by atoms with Gasteiger partial charge in [-0.05, 0) is 12.3 Å². The van der Waals surface area contributed by atoms with Gasteiger partial charge in [-0.2, -0.15) is 0 Å². The van der Waals surface area contributed by atoms with Crippen molar-refractivity contribution in [3.8, 4) is 0 Å². The van der Waals surface area contributed by atoms with E-state index in [-0.39, 0.29) is 0 Å². The quantitative estimate of drug-likeness (QED) is 0.525. The van der Waals surface area contributed by atoms with Gasteiger partial charge in [-0.15, -0.1) is 0 Å². The Morgan fingerprint density at radius 2 is 2.10 bits per heavy atom. The first-order valence-corrected chi connectivity index (χ1v) is 6.99.